The van der Waals surface area contributed by atoms with Gasteiger partial charge in [-0.2, -0.15) is 21.6 Å². The number of halogens is 3. The summed E-state index contributed by atoms with van der Waals surface area (Å²) in [5.74, 6) is -1.15. The fourth-order valence-corrected chi connectivity index (χ4v) is 1.48. The molecule has 0 aliphatic rings. The fraction of sp³-hybridized carbons (Fsp3) is 0.889. The van der Waals surface area contributed by atoms with E-state index in [9.17, 15) is 26.4 Å². The molecule has 0 bridgehead atoms. The van der Waals surface area contributed by atoms with Crippen molar-refractivity contribution in [3.63, 3.8) is 0 Å². The molecule has 0 amide bonds. The molecule has 9 heteroatoms. The topological polar surface area (TPSA) is 69.7 Å². The number of carbonyl (C=O) groups excluding carboxylic acids is 1. The SMILES string of the molecule is CCC(OS(=O)(=O)C(F)(F)F)C(=O)OC(C)(C)C. The van der Waals surface area contributed by atoms with Crippen LogP contribution in [-0.2, 0) is 23.8 Å². The van der Waals surface area contributed by atoms with Gasteiger partial charge in [0.15, 0.2) is 6.10 Å². The molecule has 0 aliphatic heterocycles. The molecule has 0 N–H and O–H groups in total. The van der Waals surface area contributed by atoms with E-state index in [4.69, 9.17) is 4.74 Å². The van der Waals surface area contributed by atoms with Crippen molar-refractivity contribution >= 4 is 16.1 Å². The molecule has 0 aliphatic carbocycles. The van der Waals surface area contributed by atoms with Gasteiger partial charge in [-0.25, -0.2) is 8.98 Å². The second kappa shape index (κ2) is 5.43. The lowest BCUT2D eigenvalue weighted by Crippen LogP contribution is -2.37. The van der Waals surface area contributed by atoms with Crippen LogP contribution in [0.15, 0.2) is 0 Å². The van der Waals surface area contributed by atoms with Crippen LogP contribution >= 0.6 is 0 Å². The van der Waals surface area contributed by atoms with Crippen LogP contribution in [0, 0.1) is 0 Å². The fourth-order valence-electron chi connectivity index (χ4n) is 0.849. The third kappa shape index (κ3) is 5.21. The number of carbonyl (C=O) groups is 1. The minimum atomic E-state index is -5.81. The summed E-state index contributed by atoms with van der Waals surface area (Å²) in [5, 5.41) is 0. The van der Waals surface area contributed by atoms with Gasteiger partial charge in [0.2, 0.25) is 0 Å². The van der Waals surface area contributed by atoms with Crippen LogP contribution < -0.4 is 0 Å². The summed E-state index contributed by atoms with van der Waals surface area (Å²) in [6.45, 7) is 5.79. The molecule has 0 aromatic rings. The molecule has 0 aromatic heterocycles. The Bertz CT molecular complexity index is 393. The first-order chi connectivity index (χ1) is 7.80. The molecule has 0 aromatic carbocycles. The highest BCUT2D eigenvalue weighted by Gasteiger charge is 2.49. The highest BCUT2D eigenvalue weighted by atomic mass is 32.2. The minimum absolute atomic E-state index is 0.260. The molecule has 0 spiro atoms. The predicted molar refractivity (Wildman–Crippen MR) is 56.0 cm³/mol. The van der Waals surface area contributed by atoms with E-state index in [2.05, 4.69) is 4.18 Å². The van der Waals surface area contributed by atoms with E-state index in [0.29, 0.717) is 0 Å². The Morgan fingerprint density at radius 2 is 1.67 bits per heavy atom. The number of hydrogen-bond donors (Lipinski definition) is 0. The van der Waals surface area contributed by atoms with E-state index >= 15 is 0 Å². The summed E-state index contributed by atoms with van der Waals surface area (Å²) in [4.78, 5) is 11.4. The lowest BCUT2D eigenvalue weighted by Gasteiger charge is -2.23. The zero-order valence-electron chi connectivity index (χ0n) is 10.4. The van der Waals surface area contributed by atoms with Crippen molar-refractivity contribution in [3.05, 3.63) is 0 Å². The summed E-state index contributed by atoms with van der Waals surface area (Å²) in [6.07, 6.45) is -2.07. The Balaban J connectivity index is 4.89. The van der Waals surface area contributed by atoms with Gasteiger partial charge in [0, 0.05) is 0 Å². The third-order valence-electron chi connectivity index (χ3n) is 1.57. The minimum Gasteiger partial charge on any atom is -0.458 e. The van der Waals surface area contributed by atoms with Gasteiger partial charge in [-0.15, -0.1) is 0 Å². The van der Waals surface area contributed by atoms with Crippen LogP contribution in [0.5, 0.6) is 0 Å². The lowest BCUT2D eigenvalue weighted by atomic mass is 10.2. The summed E-state index contributed by atoms with van der Waals surface area (Å²) in [6, 6.07) is 0. The normalized spacial score (nSPS) is 15.3. The monoisotopic (exact) mass is 292 g/mol. The van der Waals surface area contributed by atoms with Gasteiger partial charge in [-0.05, 0) is 27.2 Å². The molecule has 0 fully saturated rings. The number of rotatable bonds is 4. The van der Waals surface area contributed by atoms with E-state index in [0.717, 1.165) is 0 Å². The molecule has 0 radical (unpaired) electrons. The van der Waals surface area contributed by atoms with Crippen molar-refractivity contribution in [1.29, 1.82) is 0 Å². The van der Waals surface area contributed by atoms with E-state index in [1.165, 1.54) is 27.7 Å². The van der Waals surface area contributed by atoms with E-state index in [1.54, 1.807) is 0 Å². The van der Waals surface area contributed by atoms with Gasteiger partial charge in [-0.1, -0.05) is 6.92 Å². The Labute approximate surface area is 103 Å². The quantitative estimate of drug-likeness (QED) is 0.450. The Morgan fingerprint density at radius 1 is 1.22 bits per heavy atom. The van der Waals surface area contributed by atoms with E-state index in [-0.39, 0.29) is 6.42 Å². The number of hydrogen-bond acceptors (Lipinski definition) is 5. The summed E-state index contributed by atoms with van der Waals surface area (Å²) in [7, 11) is -5.81. The van der Waals surface area contributed by atoms with Crippen molar-refractivity contribution in [1.82, 2.24) is 0 Å². The average molecular weight is 292 g/mol. The summed E-state index contributed by atoms with van der Waals surface area (Å²) < 4.78 is 66.3. The number of alkyl halides is 3. The van der Waals surface area contributed by atoms with Crippen molar-refractivity contribution in [2.45, 2.75) is 51.3 Å². The maximum absolute atomic E-state index is 12.1. The molecule has 1 atom stereocenters. The van der Waals surface area contributed by atoms with Crippen LogP contribution in [0.2, 0.25) is 0 Å². The average Bonchev–Trinajstić information content (AvgIpc) is 2.09. The van der Waals surface area contributed by atoms with Crippen LogP contribution in [0.3, 0.4) is 0 Å². The van der Waals surface area contributed by atoms with Gasteiger partial charge < -0.3 is 4.74 Å². The maximum atomic E-state index is 12.1. The third-order valence-corrected chi connectivity index (χ3v) is 2.62. The Morgan fingerprint density at radius 3 is 1.94 bits per heavy atom. The molecule has 108 valence electrons. The van der Waals surface area contributed by atoms with Crippen molar-refractivity contribution < 1.29 is 35.3 Å². The molecule has 1 unspecified atom stereocenters. The molecule has 0 heterocycles. The Kier molecular flexibility index (Phi) is 5.18. The summed E-state index contributed by atoms with van der Waals surface area (Å²) >= 11 is 0. The van der Waals surface area contributed by atoms with Gasteiger partial charge in [0.25, 0.3) is 0 Å². The zero-order valence-corrected chi connectivity index (χ0v) is 11.2. The van der Waals surface area contributed by atoms with Gasteiger partial charge >= 0.3 is 21.6 Å². The maximum Gasteiger partial charge on any atom is 0.523 e. The first-order valence-corrected chi connectivity index (χ1v) is 6.43. The van der Waals surface area contributed by atoms with Gasteiger partial charge in [0.1, 0.15) is 5.60 Å². The molecule has 0 rings (SSSR count). The standard InChI is InChI=1S/C9H15F3O5S/c1-5-6(7(13)16-8(2,3)4)17-18(14,15)9(10,11)12/h6H,5H2,1-4H3. The first-order valence-electron chi connectivity index (χ1n) is 5.02. The smallest absolute Gasteiger partial charge is 0.458 e. The van der Waals surface area contributed by atoms with Crippen LogP contribution in [0.4, 0.5) is 13.2 Å². The summed E-state index contributed by atoms with van der Waals surface area (Å²) in [5.41, 5.74) is -6.52. The van der Waals surface area contributed by atoms with Crippen LogP contribution in [0.1, 0.15) is 34.1 Å². The van der Waals surface area contributed by atoms with Crippen molar-refractivity contribution in [2.24, 2.45) is 0 Å². The number of esters is 1. The highest BCUT2D eigenvalue weighted by Crippen LogP contribution is 2.26. The van der Waals surface area contributed by atoms with Crippen molar-refractivity contribution in [2.75, 3.05) is 0 Å². The lowest BCUT2D eigenvalue weighted by molar-refractivity contribution is -0.164. The first kappa shape index (κ1) is 17.2. The van der Waals surface area contributed by atoms with Crippen molar-refractivity contribution in [3.8, 4) is 0 Å². The molecule has 5 nitrogen and oxygen atoms in total. The molecule has 18 heavy (non-hydrogen) atoms. The molecule has 0 saturated heterocycles. The molecule has 0 saturated carbocycles. The second-order valence-corrected chi connectivity index (χ2v) is 5.99. The second-order valence-electron chi connectivity index (χ2n) is 4.43. The van der Waals surface area contributed by atoms with Gasteiger partial charge in [-0.3, -0.25) is 0 Å². The molecular weight excluding hydrogens is 277 g/mol. The van der Waals surface area contributed by atoms with Gasteiger partial charge in [0.05, 0.1) is 0 Å². The molecular formula is C9H15F3O5S. The van der Waals surface area contributed by atoms with Crippen LogP contribution in [-0.4, -0.2) is 31.6 Å². The van der Waals surface area contributed by atoms with E-state index in [1.807, 2.05) is 0 Å². The highest BCUT2D eigenvalue weighted by molar-refractivity contribution is 7.87. The zero-order chi connectivity index (χ0) is 14.8. The Hall–Kier alpha value is -0.830. The predicted octanol–water partition coefficient (Wildman–Crippen LogP) is 1.97. The largest absolute Gasteiger partial charge is 0.523 e. The van der Waals surface area contributed by atoms with E-state index < -0.39 is 33.3 Å². The van der Waals surface area contributed by atoms with Crippen LogP contribution in [0.25, 0.3) is 0 Å². The number of ether oxygens (including phenoxy) is 1.